The van der Waals surface area contributed by atoms with Gasteiger partial charge < -0.3 is 20.2 Å². The number of carboxylic acid groups (broad SMARTS) is 1. The SMILES string of the molecule is Cc1cc(N2CC[C@](C)(c3ccccc3)C2)cn2nc(C(=O)NC3CCN(c4cccc(C(=O)O)n4)C3)nc12. The van der Waals surface area contributed by atoms with Gasteiger partial charge in [-0.15, -0.1) is 5.10 Å². The van der Waals surface area contributed by atoms with Crippen molar-refractivity contribution < 1.29 is 14.7 Å². The van der Waals surface area contributed by atoms with Gasteiger partial charge in [-0.25, -0.2) is 19.3 Å². The van der Waals surface area contributed by atoms with Crippen molar-refractivity contribution in [3.63, 3.8) is 0 Å². The van der Waals surface area contributed by atoms with Crippen molar-refractivity contribution in [3.8, 4) is 0 Å². The fourth-order valence-electron chi connectivity index (χ4n) is 5.71. The zero-order valence-corrected chi connectivity index (χ0v) is 22.0. The largest absolute Gasteiger partial charge is 0.477 e. The number of aromatic nitrogens is 4. The summed E-state index contributed by atoms with van der Waals surface area (Å²) >= 11 is 0. The number of hydrogen-bond donors (Lipinski definition) is 2. The lowest BCUT2D eigenvalue weighted by Gasteiger charge is -2.26. The predicted octanol–water partition coefficient (Wildman–Crippen LogP) is 3.31. The summed E-state index contributed by atoms with van der Waals surface area (Å²) in [5.41, 5.74) is 4.12. The number of nitrogens with zero attached hydrogens (tertiary/aromatic N) is 6. The Morgan fingerprint density at radius 3 is 2.67 bits per heavy atom. The van der Waals surface area contributed by atoms with E-state index >= 15 is 0 Å². The maximum Gasteiger partial charge on any atom is 0.354 e. The van der Waals surface area contributed by atoms with Gasteiger partial charge in [-0.3, -0.25) is 4.79 Å². The standard InChI is InChI=1S/C29H31N7O3/c1-19-15-22(35-14-12-29(2,18-35)20-7-4-3-5-8-20)17-36-26(19)32-25(33-36)27(37)30-21-11-13-34(16-21)24-10-6-9-23(31-24)28(38)39/h3-10,15,17,21H,11-14,16,18H2,1-2H3,(H,30,37)(H,38,39)/t21?,29-/m0/s1. The number of carbonyl (C=O) groups excluding carboxylic acids is 1. The van der Waals surface area contributed by atoms with E-state index in [-0.39, 0.29) is 28.9 Å². The van der Waals surface area contributed by atoms with E-state index in [2.05, 4.69) is 68.6 Å². The van der Waals surface area contributed by atoms with Crippen molar-refractivity contribution >= 4 is 29.0 Å². The first-order valence-electron chi connectivity index (χ1n) is 13.2. The molecule has 4 aromatic rings. The lowest BCUT2D eigenvalue weighted by atomic mass is 9.82. The van der Waals surface area contributed by atoms with Crippen LogP contribution < -0.4 is 15.1 Å². The second-order valence-electron chi connectivity index (χ2n) is 10.8. The normalized spacial score (nSPS) is 21.0. The molecule has 39 heavy (non-hydrogen) atoms. The number of aromatic carboxylic acids is 1. The van der Waals surface area contributed by atoms with E-state index in [1.54, 1.807) is 16.6 Å². The Kier molecular flexibility index (Phi) is 6.17. The summed E-state index contributed by atoms with van der Waals surface area (Å²) < 4.78 is 1.71. The van der Waals surface area contributed by atoms with Crippen molar-refractivity contribution in [2.45, 2.75) is 38.1 Å². The van der Waals surface area contributed by atoms with E-state index in [1.165, 1.54) is 11.6 Å². The summed E-state index contributed by atoms with van der Waals surface area (Å²) in [7, 11) is 0. The lowest BCUT2D eigenvalue weighted by Crippen LogP contribution is -2.37. The molecular weight excluding hydrogens is 494 g/mol. The molecule has 2 aliphatic rings. The molecule has 3 aromatic heterocycles. The van der Waals surface area contributed by atoms with Gasteiger partial charge >= 0.3 is 5.97 Å². The Labute approximate surface area is 226 Å². The molecule has 2 N–H and O–H groups in total. The third kappa shape index (κ3) is 4.78. The fraction of sp³-hybridized carbons (Fsp3) is 0.345. The van der Waals surface area contributed by atoms with Gasteiger partial charge in [0.1, 0.15) is 5.82 Å². The number of aryl methyl sites for hydroxylation is 1. The summed E-state index contributed by atoms with van der Waals surface area (Å²) in [5, 5.41) is 16.8. The molecule has 1 amide bonds. The van der Waals surface area contributed by atoms with Crippen LogP contribution in [0.3, 0.4) is 0 Å². The van der Waals surface area contributed by atoms with E-state index in [9.17, 15) is 14.7 Å². The molecule has 0 radical (unpaired) electrons. The van der Waals surface area contributed by atoms with E-state index in [1.807, 2.05) is 18.0 Å². The molecule has 10 heteroatoms. The summed E-state index contributed by atoms with van der Waals surface area (Å²) in [5.74, 6) is -0.662. The van der Waals surface area contributed by atoms with Crippen molar-refractivity contribution in [3.05, 3.63) is 83.4 Å². The first kappa shape index (κ1) is 24.8. The van der Waals surface area contributed by atoms with Crippen LogP contribution >= 0.6 is 0 Å². The zero-order valence-electron chi connectivity index (χ0n) is 22.0. The quantitative estimate of drug-likeness (QED) is 0.394. The van der Waals surface area contributed by atoms with E-state index < -0.39 is 5.97 Å². The number of anilines is 2. The Balaban J connectivity index is 1.15. The molecule has 0 aliphatic carbocycles. The van der Waals surface area contributed by atoms with Crippen LogP contribution in [0.25, 0.3) is 5.65 Å². The van der Waals surface area contributed by atoms with Gasteiger partial charge in [-0.05, 0) is 49.1 Å². The fourth-order valence-corrected chi connectivity index (χ4v) is 5.71. The molecule has 2 aliphatic heterocycles. The van der Waals surface area contributed by atoms with Crippen molar-refractivity contribution in [1.82, 2.24) is 24.9 Å². The van der Waals surface area contributed by atoms with Crippen LogP contribution in [0, 0.1) is 6.92 Å². The topological polar surface area (TPSA) is 116 Å². The van der Waals surface area contributed by atoms with Crippen LogP contribution in [0.1, 0.15) is 52.0 Å². The molecule has 5 heterocycles. The van der Waals surface area contributed by atoms with Crippen molar-refractivity contribution in [2.75, 3.05) is 36.0 Å². The van der Waals surface area contributed by atoms with Crippen LogP contribution in [0.5, 0.6) is 0 Å². The second kappa shape index (κ2) is 9.68. The summed E-state index contributed by atoms with van der Waals surface area (Å²) in [4.78, 5) is 37.4. The smallest absolute Gasteiger partial charge is 0.354 e. The highest BCUT2D eigenvalue weighted by atomic mass is 16.4. The molecule has 0 spiro atoms. The maximum absolute atomic E-state index is 13.1. The molecule has 2 atom stereocenters. The van der Waals surface area contributed by atoms with E-state index in [0.29, 0.717) is 24.6 Å². The Morgan fingerprint density at radius 1 is 1.05 bits per heavy atom. The number of nitrogens with one attached hydrogen (secondary N) is 1. The third-order valence-electron chi connectivity index (χ3n) is 7.92. The minimum absolute atomic E-state index is 0.00208. The van der Waals surface area contributed by atoms with E-state index in [4.69, 9.17) is 0 Å². The van der Waals surface area contributed by atoms with Gasteiger partial charge in [0.25, 0.3) is 5.91 Å². The third-order valence-corrected chi connectivity index (χ3v) is 7.92. The highest BCUT2D eigenvalue weighted by molar-refractivity contribution is 5.91. The molecule has 1 unspecified atom stereocenters. The minimum atomic E-state index is -1.06. The first-order valence-corrected chi connectivity index (χ1v) is 13.2. The average molecular weight is 526 g/mol. The molecule has 0 bridgehead atoms. The summed E-state index contributed by atoms with van der Waals surface area (Å²) in [6, 6.07) is 17.6. The van der Waals surface area contributed by atoms with Gasteiger partial charge in [0.15, 0.2) is 11.3 Å². The molecule has 2 saturated heterocycles. The van der Waals surface area contributed by atoms with Crippen molar-refractivity contribution in [1.29, 1.82) is 0 Å². The number of fused-ring (bicyclic) bond motifs is 1. The van der Waals surface area contributed by atoms with Crippen LogP contribution in [-0.2, 0) is 5.41 Å². The Morgan fingerprint density at radius 2 is 1.87 bits per heavy atom. The molecule has 10 nitrogen and oxygen atoms in total. The molecule has 2 fully saturated rings. The summed E-state index contributed by atoms with van der Waals surface area (Å²) in [6.07, 6.45) is 3.74. The molecule has 200 valence electrons. The number of hydrogen-bond acceptors (Lipinski definition) is 7. The number of benzene rings is 1. The lowest BCUT2D eigenvalue weighted by molar-refractivity contribution is 0.0690. The van der Waals surface area contributed by atoms with Gasteiger partial charge in [0, 0.05) is 37.6 Å². The number of carboxylic acids is 1. The first-order chi connectivity index (χ1) is 18.8. The minimum Gasteiger partial charge on any atom is -0.477 e. The number of pyridine rings is 2. The molecule has 1 aromatic carbocycles. The van der Waals surface area contributed by atoms with Crippen LogP contribution in [0.15, 0.2) is 60.8 Å². The second-order valence-corrected chi connectivity index (χ2v) is 10.8. The number of carbonyl (C=O) groups is 2. The van der Waals surface area contributed by atoms with Gasteiger partial charge in [-0.1, -0.05) is 43.3 Å². The highest BCUT2D eigenvalue weighted by Crippen LogP contribution is 2.36. The number of amides is 1. The maximum atomic E-state index is 13.1. The van der Waals surface area contributed by atoms with Crippen LogP contribution in [-0.4, -0.2) is 68.8 Å². The van der Waals surface area contributed by atoms with Gasteiger partial charge in [-0.2, -0.15) is 0 Å². The summed E-state index contributed by atoms with van der Waals surface area (Å²) in [6.45, 7) is 7.37. The average Bonchev–Trinajstić information content (AvgIpc) is 3.68. The molecular formula is C29H31N7O3. The van der Waals surface area contributed by atoms with Gasteiger partial charge in [0.2, 0.25) is 5.82 Å². The van der Waals surface area contributed by atoms with Crippen LogP contribution in [0.2, 0.25) is 0 Å². The monoisotopic (exact) mass is 525 g/mol. The zero-order chi connectivity index (χ0) is 27.1. The molecule has 0 saturated carbocycles. The molecule has 6 rings (SSSR count). The highest BCUT2D eigenvalue weighted by Gasteiger charge is 2.35. The Hall–Kier alpha value is -4.47. The van der Waals surface area contributed by atoms with Gasteiger partial charge in [0.05, 0.1) is 11.9 Å². The van der Waals surface area contributed by atoms with E-state index in [0.717, 1.165) is 37.2 Å². The van der Waals surface area contributed by atoms with Crippen LogP contribution in [0.4, 0.5) is 11.5 Å². The predicted molar refractivity (Wildman–Crippen MR) is 148 cm³/mol. The Bertz CT molecular complexity index is 1550. The van der Waals surface area contributed by atoms with Crippen molar-refractivity contribution in [2.24, 2.45) is 0 Å². The number of rotatable bonds is 6.